The third kappa shape index (κ3) is 5.14. The minimum absolute atomic E-state index is 0.151. The molecule has 3 rings (SSSR count). The van der Waals surface area contributed by atoms with E-state index in [1.807, 2.05) is 65.0 Å². The molecule has 0 aliphatic heterocycles. The van der Waals surface area contributed by atoms with Crippen molar-refractivity contribution in [3.05, 3.63) is 88.5 Å². The number of benzene rings is 3. The predicted octanol–water partition coefficient (Wildman–Crippen LogP) is 5.06. The van der Waals surface area contributed by atoms with Gasteiger partial charge in [0.2, 0.25) is 5.91 Å². The predicted molar refractivity (Wildman–Crippen MR) is 126 cm³/mol. The first-order chi connectivity index (χ1) is 14.6. The summed E-state index contributed by atoms with van der Waals surface area (Å²) in [5.41, 5.74) is 5.97. The lowest BCUT2D eigenvalue weighted by molar-refractivity contribution is -0.114. The second kappa shape index (κ2) is 8.94. The van der Waals surface area contributed by atoms with Crippen LogP contribution in [0.1, 0.15) is 27.8 Å². The van der Waals surface area contributed by atoms with E-state index < -0.39 is 15.9 Å². The van der Waals surface area contributed by atoms with Crippen LogP contribution in [0.2, 0.25) is 0 Å². The monoisotopic (exact) mass is 436 g/mol. The molecule has 0 saturated carbocycles. The molecule has 0 aliphatic carbocycles. The Balaban J connectivity index is 1.99. The number of carbonyl (C=O) groups is 1. The first kappa shape index (κ1) is 22.6. The molecule has 31 heavy (non-hydrogen) atoms. The SMILES string of the molecule is Cc1ccc(S(=O)(=O)N(CC(=O)Nc2ccc(C)c(C)c2)c2cc(C)ccc2C)cc1. The molecule has 0 radical (unpaired) electrons. The Hall–Kier alpha value is -3.12. The van der Waals surface area contributed by atoms with Crippen LogP contribution in [0.15, 0.2) is 65.6 Å². The Kier molecular flexibility index (Phi) is 6.51. The van der Waals surface area contributed by atoms with Crippen molar-refractivity contribution < 1.29 is 13.2 Å². The molecule has 1 N–H and O–H groups in total. The largest absolute Gasteiger partial charge is 0.325 e. The third-order valence-corrected chi connectivity index (χ3v) is 7.09. The molecule has 0 aliphatic rings. The van der Waals surface area contributed by atoms with E-state index in [4.69, 9.17) is 0 Å². The van der Waals surface area contributed by atoms with Crippen molar-refractivity contribution in [3.63, 3.8) is 0 Å². The molecule has 0 bridgehead atoms. The lowest BCUT2D eigenvalue weighted by Crippen LogP contribution is -2.38. The summed E-state index contributed by atoms with van der Waals surface area (Å²) in [7, 11) is -3.94. The summed E-state index contributed by atoms with van der Waals surface area (Å²) in [6.07, 6.45) is 0. The van der Waals surface area contributed by atoms with Gasteiger partial charge in [-0.15, -0.1) is 0 Å². The number of amides is 1. The van der Waals surface area contributed by atoms with Gasteiger partial charge in [-0.2, -0.15) is 0 Å². The van der Waals surface area contributed by atoms with E-state index in [2.05, 4.69) is 5.32 Å². The van der Waals surface area contributed by atoms with Gasteiger partial charge in [0.25, 0.3) is 10.0 Å². The van der Waals surface area contributed by atoms with Gasteiger partial charge in [0.1, 0.15) is 6.54 Å². The summed E-state index contributed by atoms with van der Waals surface area (Å²) in [4.78, 5) is 13.1. The number of nitrogens with one attached hydrogen (secondary N) is 1. The van der Waals surface area contributed by atoms with Crippen LogP contribution in [0.25, 0.3) is 0 Å². The maximum absolute atomic E-state index is 13.5. The fourth-order valence-corrected chi connectivity index (χ4v) is 4.75. The molecule has 3 aromatic carbocycles. The van der Waals surface area contributed by atoms with Crippen LogP contribution in [0, 0.1) is 34.6 Å². The summed E-state index contributed by atoms with van der Waals surface area (Å²) in [6.45, 7) is 9.28. The van der Waals surface area contributed by atoms with Crippen LogP contribution >= 0.6 is 0 Å². The lowest BCUT2D eigenvalue weighted by atomic mass is 10.1. The van der Waals surface area contributed by atoms with Crippen molar-refractivity contribution >= 4 is 27.3 Å². The van der Waals surface area contributed by atoms with E-state index in [1.165, 1.54) is 4.31 Å². The fourth-order valence-electron chi connectivity index (χ4n) is 3.28. The molecule has 1 amide bonds. The molecule has 162 valence electrons. The van der Waals surface area contributed by atoms with E-state index in [0.717, 1.165) is 27.8 Å². The fraction of sp³-hybridized carbons (Fsp3) is 0.240. The van der Waals surface area contributed by atoms with Crippen LogP contribution in [-0.4, -0.2) is 20.9 Å². The Bertz CT molecular complexity index is 1220. The number of nitrogens with zero attached hydrogens (tertiary/aromatic N) is 1. The standard InChI is InChI=1S/C25H28N2O3S/c1-17-7-12-23(13-8-17)31(29,30)27(24-14-18(2)6-9-20(24)4)16-25(28)26-22-11-10-19(3)21(5)15-22/h6-15H,16H2,1-5H3,(H,26,28). The van der Waals surface area contributed by atoms with Crippen LogP contribution in [-0.2, 0) is 14.8 Å². The Morgan fingerprint density at radius 3 is 2.03 bits per heavy atom. The van der Waals surface area contributed by atoms with Crippen LogP contribution in [0.5, 0.6) is 0 Å². The van der Waals surface area contributed by atoms with Gasteiger partial charge in [-0.3, -0.25) is 9.10 Å². The molecule has 0 unspecified atom stereocenters. The van der Waals surface area contributed by atoms with E-state index in [0.29, 0.717) is 11.4 Å². The van der Waals surface area contributed by atoms with Crippen LogP contribution in [0.4, 0.5) is 11.4 Å². The topological polar surface area (TPSA) is 66.5 Å². The Morgan fingerprint density at radius 2 is 1.39 bits per heavy atom. The van der Waals surface area contributed by atoms with E-state index >= 15 is 0 Å². The molecule has 0 saturated heterocycles. The Morgan fingerprint density at radius 1 is 0.774 bits per heavy atom. The molecule has 0 aromatic heterocycles. The molecule has 5 nitrogen and oxygen atoms in total. The molecule has 3 aromatic rings. The number of aryl methyl sites for hydroxylation is 5. The summed E-state index contributed by atoms with van der Waals surface area (Å²) in [5.74, 6) is -0.403. The molecule has 0 atom stereocenters. The number of hydrogen-bond donors (Lipinski definition) is 1. The minimum Gasteiger partial charge on any atom is -0.325 e. The van der Waals surface area contributed by atoms with E-state index in [9.17, 15) is 13.2 Å². The van der Waals surface area contributed by atoms with Crippen molar-refractivity contribution in [2.45, 2.75) is 39.5 Å². The highest BCUT2D eigenvalue weighted by atomic mass is 32.2. The molecule has 0 fully saturated rings. The van der Waals surface area contributed by atoms with Gasteiger partial charge in [0, 0.05) is 5.69 Å². The molecular weight excluding hydrogens is 408 g/mol. The second-order valence-corrected chi connectivity index (χ2v) is 9.82. The number of hydrogen-bond acceptors (Lipinski definition) is 3. The van der Waals surface area contributed by atoms with Gasteiger partial charge in [-0.05, 0) is 87.2 Å². The first-order valence-corrected chi connectivity index (χ1v) is 11.6. The lowest BCUT2D eigenvalue weighted by Gasteiger charge is -2.26. The van der Waals surface area contributed by atoms with Gasteiger partial charge in [-0.1, -0.05) is 35.9 Å². The van der Waals surface area contributed by atoms with Gasteiger partial charge in [0.05, 0.1) is 10.6 Å². The molecular formula is C25H28N2O3S. The molecule has 0 spiro atoms. The van der Waals surface area contributed by atoms with Crippen LogP contribution < -0.4 is 9.62 Å². The van der Waals surface area contributed by atoms with Crippen molar-refractivity contribution in [1.29, 1.82) is 0 Å². The summed E-state index contributed by atoms with van der Waals surface area (Å²) in [6, 6.07) is 17.9. The number of sulfonamides is 1. The maximum Gasteiger partial charge on any atom is 0.264 e. The number of anilines is 2. The zero-order chi connectivity index (χ0) is 22.8. The summed E-state index contributed by atoms with van der Waals surface area (Å²) < 4.78 is 28.3. The number of carbonyl (C=O) groups excluding carboxylic acids is 1. The second-order valence-electron chi connectivity index (χ2n) is 7.96. The van der Waals surface area contributed by atoms with Crippen molar-refractivity contribution in [3.8, 4) is 0 Å². The van der Waals surface area contributed by atoms with Gasteiger partial charge < -0.3 is 5.32 Å². The molecule has 6 heteroatoms. The van der Waals surface area contributed by atoms with Crippen molar-refractivity contribution in [2.24, 2.45) is 0 Å². The Labute approximate surface area is 184 Å². The van der Waals surface area contributed by atoms with Crippen LogP contribution in [0.3, 0.4) is 0 Å². The highest BCUT2D eigenvalue weighted by molar-refractivity contribution is 7.92. The summed E-state index contributed by atoms with van der Waals surface area (Å²) >= 11 is 0. The third-order valence-electron chi connectivity index (χ3n) is 5.32. The smallest absolute Gasteiger partial charge is 0.264 e. The highest BCUT2D eigenvalue weighted by Crippen LogP contribution is 2.28. The number of rotatable bonds is 6. The average molecular weight is 437 g/mol. The zero-order valence-electron chi connectivity index (χ0n) is 18.6. The van der Waals surface area contributed by atoms with Crippen molar-refractivity contribution in [2.75, 3.05) is 16.2 Å². The molecule has 0 heterocycles. The van der Waals surface area contributed by atoms with E-state index in [-0.39, 0.29) is 11.4 Å². The quantitative estimate of drug-likeness (QED) is 0.587. The zero-order valence-corrected chi connectivity index (χ0v) is 19.4. The highest BCUT2D eigenvalue weighted by Gasteiger charge is 2.28. The van der Waals surface area contributed by atoms with Gasteiger partial charge in [-0.25, -0.2) is 8.42 Å². The van der Waals surface area contributed by atoms with Gasteiger partial charge in [0.15, 0.2) is 0 Å². The average Bonchev–Trinajstić information content (AvgIpc) is 2.71. The summed E-state index contributed by atoms with van der Waals surface area (Å²) in [5, 5.41) is 2.83. The first-order valence-electron chi connectivity index (χ1n) is 10.1. The minimum atomic E-state index is -3.94. The maximum atomic E-state index is 13.5. The van der Waals surface area contributed by atoms with Gasteiger partial charge >= 0.3 is 0 Å². The van der Waals surface area contributed by atoms with Crippen molar-refractivity contribution in [1.82, 2.24) is 0 Å². The van der Waals surface area contributed by atoms with E-state index in [1.54, 1.807) is 30.3 Å². The normalized spacial score (nSPS) is 11.3.